The Morgan fingerprint density at radius 3 is 1.67 bits per heavy atom. The lowest BCUT2D eigenvalue weighted by molar-refractivity contribution is 0.130. The molecule has 0 bridgehead atoms. The summed E-state index contributed by atoms with van der Waals surface area (Å²) < 4.78 is 13.2. The Bertz CT molecular complexity index is 775. The van der Waals surface area contributed by atoms with Crippen molar-refractivity contribution in [3.05, 3.63) is 95.3 Å². The summed E-state index contributed by atoms with van der Waals surface area (Å²) in [6.07, 6.45) is 0. The highest BCUT2D eigenvalue weighted by molar-refractivity contribution is 5.82. The van der Waals surface area contributed by atoms with Gasteiger partial charge in [-0.3, -0.25) is 0 Å². The van der Waals surface area contributed by atoms with E-state index in [4.69, 9.17) is 0 Å². The third-order valence-electron chi connectivity index (χ3n) is 4.19. The Labute approximate surface area is 122 Å². The maximum absolute atomic E-state index is 13.2. The summed E-state index contributed by atoms with van der Waals surface area (Å²) in [6, 6.07) is 21.7. The van der Waals surface area contributed by atoms with Crippen molar-refractivity contribution in [2.45, 2.75) is 5.60 Å². The fourth-order valence-electron chi connectivity index (χ4n) is 3.21. The molecular formula is C19H13FO. The topological polar surface area (TPSA) is 20.2 Å². The second-order valence-corrected chi connectivity index (χ2v) is 5.31. The van der Waals surface area contributed by atoms with E-state index < -0.39 is 5.60 Å². The van der Waals surface area contributed by atoms with Crippen molar-refractivity contribution >= 4 is 0 Å². The van der Waals surface area contributed by atoms with Gasteiger partial charge in [0, 0.05) is 11.1 Å². The Morgan fingerprint density at radius 1 is 0.667 bits per heavy atom. The van der Waals surface area contributed by atoms with Crippen LogP contribution in [0.1, 0.15) is 16.7 Å². The van der Waals surface area contributed by atoms with E-state index in [0.29, 0.717) is 5.56 Å². The Balaban J connectivity index is 2.06. The first kappa shape index (κ1) is 12.3. The van der Waals surface area contributed by atoms with Crippen LogP contribution in [0, 0.1) is 5.82 Å². The van der Waals surface area contributed by atoms with Crippen molar-refractivity contribution in [2.24, 2.45) is 0 Å². The predicted molar refractivity (Wildman–Crippen MR) is 80.4 cm³/mol. The lowest BCUT2D eigenvalue weighted by Crippen LogP contribution is -2.26. The number of fused-ring (bicyclic) bond motifs is 3. The lowest BCUT2D eigenvalue weighted by atomic mass is 9.84. The van der Waals surface area contributed by atoms with Crippen LogP contribution in [0.25, 0.3) is 11.1 Å². The van der Waals surface area contributed by atoms with Gasteiger partial charge in [0.1, 0.15) is 11.4 Å². The molecule has 0 atom stereocenters. The molecule has 2 heteroatoms. The van der Waals surface area contributed by atoms with Crippen LogP contribution in [0.2, 0.25) is 0 Å². The van der Waals surface area contributed by atoms with Crippen LogP contribution >= 0.6 is 0 Å². The molecule has 21 heavy (non-hydrogen) atoms. The summed E-state index contributed by atoms with van der Waals surface area (Å²) in [5.41, 5.74) is 3.21. The zero-order valence-electron chi connectivity index (χ0n) is 11.3. The van der Waals surface area contributed by atoms with Gasteiger partial charge in [-0.05, 0) is 28.8 Å². The van der Waals surface area contributed by atoms with E-state index in [1.165, 1.54) is 12.1 Å². The van der Waals surface area contributed by atoms with Crippen molar-refractivity contribution in [2.75, 3.05) is 0 Å². The van der Waals surface area contributed by atoms with Gasteiger partial charge in [-0.25, -0.2) is 4.39 Å². The van der Waals surface area contributed by atoms with Gasteiger partial charge >= 0.3 is 0 Å². The first-order chi connectivity index (χ1) is 10.2. The molecule has 0 fully saturated rings. The average Bonchev–Trinajstić information content (AvgIpc) is 2.80. The summed E-state index contributed by atoms with van der Waals surface area (Å²) in [5.74, 6) is -0.304. The third kappa shape index (κ3) is 1.60. The zero-order chi connectivity index (χ0) is 14.4. The Hall–Kier alpha value is -2.45. The molecule has 0 saturated carbocycles. The Kier molecular flexibility index (Phi) is 2.50. The van der Waals surface area contributed by atoms with Crippen LogP contribution in [-0.2, 0) is 5.60 Å². The van der Waals surface area contributed by atoms with Crippen molar-refractivity contribution in [3.63, 3.8) is 0 Å². The van der Waals surface area contributed by atoms with Crippen molar-refractivity contribution in [1.82, 2.24) is 0 Å². The molecule has 3 aromatic carbocycles. The molecule has 1 aliphatic carbocycles. The minimum Gasteiger partial charge on any atom is -0.376 e. The molecule has 1 nitrogen and oxygen atoms in total. The minimum absolute atomic E-state index is 0.304. The van der Waals surface area contributed by atoms with E-state index >= 15 is 0 Å². The second-order valence-electron chi connectivity index (χ2n) is 5.31. The summed E-state index contributed by atoms with van der Waals surface area (Å²) in [5, 5.41) is 11.4. The number of hydrogen-bond acceptors (Lipinski definition) is 1. The van der Waals surface area contributed by atoms with E-state index in [0.717, 1.165) is 22.3 Å². The molecule has 0 unspecified atom stereocenters. The first-order valence-corrected chi connectivity index (χ1v) is 6.89. The highest BCUT2D eigenvalue weighted by Gasteiger charge is 2.42. The van der Waals surface area contributed by atoms with E-state index in [-0.39, 0.29) is 5.82 Å². The maximum Gasteiger partial charge on any atom is 0.141 e. The molecule has 0 spiro atoms. The molecular weight excluding hydrogens is 263 g/mol. The van der Waals surface area contributed by atoms with E-state index in [2.05, 4.69) is 0 Å². The number of benzene rings is 3. The lowest BCUT2D eigenvalue weighted by Gasteiger charge is -2.26. The largest absolute Gasteiger partial charge is 0.376 e. The second kappa shape index (κ2) is 4.27. The van der Waals surface area contributed by atoms with Gasteiger partial charge in [-0.15, -0.1) is 0 Å². The van der Waals surface area contributed by atoms with Crippen LogP contribution in [-0.4, -0.2) is 5.11 Å². The van der Waals surface area contributed by atoms with Gasteiger partial charge in [0.15, 0.2) is 0 Å². The number of halogens is 1. The van der Waals surface area contributed by atoms with Gasteiger partial charge < -0.3 is 5.11 Å². The summed E-state index contributed by atoms with van der Waals surface area (Å²) in [6.45, 7) is 0. The number of rotatable bonds is 1. The van der Waals surface area contributed by atoms with E-state index in [1.807, 2.05) is 48.5 Å². The molecule has 0 amide bonds. The van der Waals surface area contributed by atoms with Crippen molar-refractivity contribution in [3.8, 4) is 11.1 Å². The highest BCUT2D eigenvalue weighted by atomic mass is 19.1. The minimum atomic E-state index is -1.22. The molecule has 3 aromatic rings. The van der Waals surface area contributed by atoms with Gasteiger partial charge in [0.25, 0.3) is 0 Å². The average molecular weight is 276 g/mol. The molecule has 4 rings (SSSR count). The van der Waals surface area contributed by atoms with Crippen LogP contribution in [0.5, 0.6) is 0 Å². The van der Waals surface area contributed by atoms with Gasteiger partial charge in [0.2, 0.25) is 0 Å². The quantitative estimate of drug-likeness (QED) is 0.709. The van der Waals surface area contributed by atoms with Crippen molar-refractivity contribution in [1.29, 1.82) is 0 Å². The molecule has 102 valence electrons. The maximum atomic E-state index is 13.2. The molecule has 0 radical (unpaired) electrons. The van der Waals surface area contributed by atoms with Crippen LogP contribution in [0.4, 0.5) is 4.39 Å². The fourth-order valence-corrected chi connectivity index (χ4v) is 3.21. The molecule has 0 heterocycles. The van der Waals surface area contributed by atoms with Gasteiger partial charge in [0.05, 0.1) is 0 Å². The zero-order valence-corrected chi connectivity index (χ0v) is 11.3. The van der Waals surface area contributed by atoms with E-state index in [1.54, 1.807) is 12.1 Å². The molecule has 0 aromatic heterocycles. The van der Waals surface area contributed by atoms with Gasteiger partial charge in [-0.2, -0.15) is 0 Å². The predicted octanol–water partition coefficient (Wildman–Crippen LogP) is 4.09. The number of hydrogen-bond donors (Lipinski definition) is 1. The molecule has 1 N–H and O–H groups in total. The van der Waals surface area contributed by atoms with Crippen molar-refractivity contribution < 1.29 is 9.50 Å². The molecule has 1 aliphatic rings. The summed E-state index contributed by atoms with van der Waals surface area (Å²) in [4.78, 5) is 0. The van der Waals surface area contributed by atoms with Gasteiger partial charge in [-0.1, -0.05) is 60.7 Å². The standard InChI is InChI=1S/C19H13FO/c20-14-11-9-13(10-12-14)19(21)17-7-3-1-5-15(17)16-6-2-4-8-18(16)19/h1-12,21H. The van der Waals surface area contributed by atoms with Crippen LogP contribution in [0.15, 0.2) is 72.8 Å². The first-order valence-electron chi connectivity index (χ1n) is 6.89. The smallest absolute Gasteiger partial charge is 0.141 e. The SMILES string of the molecule is OC1(c2ccc(F)cc2)c2ccccc2-c2ccccc21. The summed E-state index contributed by atoms with van der Waals surface area (Å²) >= 11 is 0. The molecule has 0 saturated heterocycles. The normalized spacial score (nSPS) is 14.6. The fraction of sp³-hybridized carbons (Fsp3) is 0.0526. The summed E-state index contributed by atoms with van der Waals surface area (Å²) in [7, 11) is 0. The highest BCUT2D eigenvalue weighted by Crippen LogP contribution is 2.50. The Morgan fingerprint density at radius 2 is 1.14 bits per heavy atom. The van der Waals surface area contributed by atoms with E-state index in [9.17, 15) is 9.50 Å². The van der Waals surface area contributed by atoms with Crippen LogP contribution < -0.4 is 0 Å². The third-order valence-corrected chi connectivity index (χ3v) is 4.19. The molecule has 0 aliphatic heterocycles. The number of aliphatic hydroxyl groups is 1. The van der Waals surface area contributed by atoms with Crippen LogP contribution in [0.3, 0.4) is 0 Å². The monoisotopic (exact) mass is 276 g/mol.